The summed E-state index contributed by atoms with van der Waals surface area (Å²) in [4.78, 5) is 11.6. The van der Waals surface area contributed by atoms with Crippen LogP contribution in [0.4, 0.5) is 8.78 Å². The highest BCUT2D eigenvalue weighted by Gasteiger charge is 2.49. The minimum atomic E-state index is -2.77. The van der Waals surface area contributed by atoms with Crippen LogP contribution < -0.4 is 0 Å². The first-order valence-electron chi connectivity index (χ1n) is 6.15. The number of carboxylic acid groups (broad SMARTS) is 1. The molecule has 0 unspecified atom stereocenters. The lowest BCUT2D eigenvalue weighted by atomic mass is 9.68. The van der Waals surface area contributed by atoms with Gasteiger partial charge in [-0.1, -0.05) is 29.8 Å². The largest absolute Gasteiger partial charge is 0.481 e. The van der Waals surface area contributed by atoms with Gasteiger partial charge in [0.05, 0.1) is 5.41 Å². The van der Waals surface area contributed by atoms with E-state index in [1.165, 1.54) is 0 Å². The first-order chi connectivity index (χ1) is 8.78. The number of aliphatic carboxylic acids is 1. The molecule has 0 radical (unpaired) electrons. The molecule has 2 nitrogen and oxygen atoms in total. The fourth-order valence-corrected chi connectivity index (χ4v) is 2.96. The summed E-state index contributed by atoms with van der Waals surface area (Å²) in [5.41, 5.74) is -0.0700. The van der Waals surface area contributed by atoms with Crippen molar-refractivity contribution in [2.45, 2.75) is 43.9 Å². The van der Waals surface area contributed by atoms with Crippen LogP contribution in [-0.4, -0.2) is 17.0 Å². The number of alkyl halides is 2. The molecule has 0 aliphatic heterocycles. The van der Waals surface area contributed by atoms with Crippen molar-refractivity contribution in [1.82, 2.24) is 0 Å². The predicted octanol–water partition coefficient (Wildman–Crippen LogP) is 4.18. The van der Waals surface area contributed by atoms with E-state index >= 15 is 0 Å². The number of hydrogen-bond acceptors (Lipinski definition) is 1. The first-order valence-corrected chi connectivity index (χ1v) is 6.53. The second-order valence-electron chi connectivity index (χ2n) is 5.18. The topological polar surface area (TPSA) is 37.3 Å². The maximum Gasteiger partial charge on any atom is 0.314 e. The minimum absolute atomic E-state index is 0.0848. The summed E-state index contributed by atoms with van der Waals surface area (Å²) in [5, 5.41) is 9.89. The highest BCUT2D eigenvalue weighted by atomic mass is 35.5. The molecule has 0 amide bonds. The van der Waals surface area contributed by atoms with Crippen molar-refractivity contribution in [1.29, 1.82) is 0 Å². The summed E-state index contributed by atoms with van der Waals surface area (Å²) in [5.74, 6) is -3.84. The average molecular weight is 289 g/mol. The molecule has 0 saturated heterocycles. The van der Waals surface area contributed by atoms with Gasteiger partial charge in [-0.25, -0.2) is 8.78 Å². The van der Waals surface area contributed by atoms with Gasteiger partial charge in [0.25, 0.3) is 0 Å². The monoisotopic (exact) mass is 288 g/mol. The zero-order valence-corrected chi connectivity index (χ0v) is 11.3. The van der Waals surface area contributed by atoms with Gasteiger partial charge in [0.2, 0.25) is 5.92 Å². The quantitative estimate of drug-likeness (QED) is 0.886. The van der Waals surface area contributed by atoms with Gasteiger partial charge >= 0.3 is 5.97 Å². The van der Waals surface area contributed by atoms with E-state index in [-0.39, 0.29) is 12.8 Å². The van der Waals surface area contributed by atoms with E-state index in [0.29, 0.717) is 10.6 Å². The summed E-state index contributed by atoms with van der Waals surface area (Å²) < 4.78 is 26.6. The second kappa shape index (κ2) is 4.75. The Kier molecular flexibility index (Phi) is 3.56. The lowest BCUT2D eigenvalue weighted by Gasteiger charge is -2.37. The predicted molar refractivity (Wildman–Crippen MR) is 68.9 cm³/mol. The number of rotatable bonds is 2. The number of aryl methyl sites for hydroxylation is 1. The van der Waals surface area contributed by atoms with Crippen LogP contribution in [0.2, 0.25) is 5.02 Å². The van der Waals surface area contributed by atoms with E-state index in [0.717, 1.165) is 5.56 Å². The molecule has 104 valence electrons. The van der Waals surface area contributed by atoms with E-state index in [9.17, 15) is 18.7 Å². The molecule has 19 heavy (non-hydrogen) atoms. The zero-order chi connectivity index (χ0) is 14.3. The van der Waals surface area contributed by atoms with Crippen molar-refractivity contribution in [3.05, 3.63) is 34.3 Å². The Morgan fingerprint density at radius 2 is 1.84 bits per heavy atom. The molecule has 0 bridgehead atoms. The standard InChI is InChI=1S/C14H15ClF2O2/c1-9-3-2-4-10(11(9)15)13(12(18)19)5-7-14(16,17)8-6-13/h2-4H,5-8H2,1H3,(H,18,19). The Hall–Kier alpha value is -1.16. The number of benzene rings is 1. The number of hydrogen-bond donors (Lipinski definition) is 1. The maximum atomic E-state index is 13.3. The molecule has 1 fully saturated rings. The van der Waals surface area contributed by atoms with Gasteiger partial charge in [-0.05, 0) is 30.9 Å². The number of carbonyl (C=O) groups is 1. The molecular formula is C14H15ClF2O2. The van der Waals surface area contributed by atoms with Crippen LogP contribution >= 0.6 is 11.6 Å². The van der Waals surface area contributed by atoms with Gasteiger partial charge in [-0.2, -0.15) is 0 Å². The van der Waals surface area contributed by atoms with Crippen LogP contribution in [0.5, 0.6) is 0 Å². The fourth-order valence-electron chi connectivity index (χ4n) is 2.66. The third kappa shape index (κ3) is 2.46. The van der Waals surface area contributed by atoms with Gasteiger partial charge in [0, 0.05) is 17.9 Å². The van der Waals surface area contributed by atoms with E-state index in [1.807, 2.05) is 0 Å². The van der Waals surface area contributed by atoms with Gasteiger partial charge in [-0.3, -0.25) is 4.79 Å². The first kappa shape index (κ1) is 14.3. The molecule has 1 N–H and O–H groups in total. The Morgan fingerprint density at radius 1 is 1.26 bits per heavy atom. The summed E-state index contributed by atoms with van der Waals surface area (Å²) in [6, 6.07) is 5.12. The molecule has 0 atom stereocenters. The molecule has 5 heteroatoms. The third-order valence-corrected chi connectivity index (χ3v) is 4.45. The summed E-state index contributed by atoms with van der Waals surface area (Å²) >= 11 is 6.18. The lowest BCUT2D eigenvalue weighted by molar-refractivity contribution is -0.149. The second-order valence-corrected chi connectivity index (χ2v) is 5.56. The van der Waals surface area contributed by atoms with Gasteiger partial charge in [-0.15, -0.1) is 0 Å². The molecule has 0 heterocycles. The van der Waals surface area contributed by atoms with E-state index in [2.05, 4.69) is 0 Å². The van der Waals surface area contributed by atoms with Crippen LogP contribution in [-0.2, 0) is 10.2 Å². The van der Waals surface area contributed by atoms with Crippen LogP contribution in [0.3, 0.4) is 0 Å². The van der Waals surface area contributed by atoms with Crippen LogP contribution in [0.1, 0.15) is 36.8 Å². The highest BCUT2D eigenvalue weighted by molar-refractivity contribution is 6.32. The smallest absolute Gasteiger partial charge is 0.314 e. The average Bonchev–Trinajstić information content (AvgIpc) is 2.33. The van der Waals surface area contributed by atoms with Crippen molar-refractivity contribution in [3.63, 3.8) is 0 Å². The van der Waals surface area contributed by atoms with Gasteiger partial charge < -0.3 is 5.11 Å². The zero-order valence-electron chi connectivity index (χ0n) is 10.5. The van der Waals surface area contributed by atoms with Crippen LogP contribution in [0, 0.1) is 6.92 Å². The van der Waals surface area contributed by atoms with Gasteiger partial charge in [0.15, 0.2) is 0 Å². The van der Waals surface area contributed by atoms with Crippen molar-refractivity contribution >= 4 is 17.6 Å². The fraction of sp³-hybridized carbons (Fsp3) is 0.500. The van der Waals surface area contributed by atoms with E-state index < -0.39 is 30.1 Å². The lowest BCUT2D eigenvalue weighted by Crippen LogP contribution is -2.43. The summed E-state index contributed by atoms with van der Waals surface area (Å²) in [6.07, 6.45) is -0.996. The molecule has 0 aromatic heterocycles. The van der Waals surface area contributed by atoms with Gasteiger partial charge in [0.1, 0.15) is 0 Å². The number of halogens is 3. The summed E-state index contributed by atoms with van der Waals surface area (Å²) in [7, 11) is 0. The maximum absolute atomic E-state index is 13.3. The minimum Gasteiger partial charge on any atom is -0.481 e. The van der Waals surface area contributed by atoms with Crippen molar-refractivity contribution in [2.75, 3.05) is 0 Å². The molecule has 2 rings (SSSR count). The Morgan fingerprint density at radius 3 is 2.37 bits per heavy atom. The molecule has 0 spiro atoms. The molecule has 1 saturated carbocycles. The highest BCUT2D eigenvalue weighted by Crippen LogP contribution is 2.47. The number of carboxylic acids is 1. The van der Waals surface area contributed by atoms with Crippen LogP contribution in [0.25, 0.3) is 0 Å². The van der Waals surface area contributed by atoms with E-state index in [1.54, 1.807) is 25.1 Å². The van der Waals surface area contributed by atoms with Crippen molar-refractivity contribution in [3.8, 4) is 0 Å². The van der Waals surface area contributed by atoms with E-state index in [4.69, 9.17) is 11.6 Å². The van der Waals surface area contributed by atoms with Crippen molar-refractivity contribution < 1.29 is 18.7 Å². The molecule has 1 aliphatic carbocycles. The SMILES string of the molecule is Cc1cccc(C2(C(=O)O)CCC(F)(F)CC2)c1Cl. The van der Waals surface area contributed by atoms with Crippen molar-refractivity contribution in [2.24, 2.45) is 0 Å². The summed E-state index contributed by atoms with van der Waals surface area (Å²) in [6.45, 7) is 1.78. The normalized spacial score (nSPS) is 21.1. The molecular weight excluding hydrogens is 274 g/mol. The Bertz CT molecular complexity index is 504. The Labute approximate surface area is 115 Å². The van der Waals surface area contributed by atoms with Crippen LogP contribution in [0.15, 0.2) is 18.2 Å². The third-order valence-electron chi connectivity index (χ3n) is 3.95. The molecule has 1 aliphatic rings. The molecule has 1 aromatic carbocycles. The molecule has 1 aromatic rings. The Balaban J connectivity index is 2.47.